The van der Waals surface area contributed by atoms with Gasteiger partial charge in [0.05, 0.1) is 45.5 Å². The quantitative estimate of drug-likeness (QED) is 0.457. The Labute approximate surface area is 254 Å². The van der Waals surface area contributed by atoms with Crippen LogP contribution >= 0.6 is 0 Å². The van der Waals surface area contributed by atoms with Crippen LogP contribution in [-0.2, 0) is 28.5 Å². The van der Waals surface area contributed by atoms with Gasteiger partial charge in [0.2, 0.25) is 12.5 Å². The van der Waals surface area contributed by atoms with E-state index in [2.05, 4.69) is 0 Å². The number of methoxy groups -OCH3 is 2. The minimum Gasteiger partial charge on any atom is -0.502 e. The van der Waals surface area contributed by atoms with E-state index in [4.69, 9.17) is 42.6 Å². The van der Waals surface area contributed by atoms with Crippen LogP contribution in [-0.4, -0.2) is 106 Å². The van der Waals surface area contributed by atoms with Gasteiger partial charge in [0.25, 0.3) is 0 Å². The largest absolute Gasteiger partial charge is 0.502 e. The van der Waals surface area contributed by atoms with Crippen LogP contribution in [0.4, 0.5) is 0 Å². The first-order chi connectivity index (χ1) is 21.2. The van der Waals surface area contributed by atoms with Gasteiger partial charge in [-0.15, -0.1) is 0 Å². The van der Waals surface area contributed by atoms with Gasteiger partial charge in [-0.25, -0.2) is 0 Å². The van der Waals surface area contributed by atoms with E-state index in [1.807, 2.05) is 31.1 Å². The number of ether oxygens (including phenoxy) is 9. The van der Waals surface area contributed by atoms with Crippen molar-refractivity contribution in [3.8, 4) is 28.7 Å². The molecule has 4 unspecified atom stereocenters. The van der Waals surface area contributed by atoms with Crippen LogP contribution in [0.15, 0.2) is 24.3 Å². The van der Waals surface area contributed by atoms with Crippen molar-refractivity contribution in [2.45, 2.75) is 55.9 Å². The fourth-order valence-electron chi connectivity index (χ4n) is 7.28. The summed E-state index contributed by atoms with van der Waals surface area (Å²) < 4.78 is 53.0. The molecule has 3 saturated heterocycles. The van der Waals surface area contributed by atoms with E-state index < -0.39 is 60.8 Å². The molecule has 0 aromatic heterocycles. The first kappa shape index (κ1) is 29.4. The maximum absolute atomic E-state index is 13.5. The average Bonchev–Trinajstić information content (AvgIpc) is 3.63. The lowest BCUT2D eigenvalue weighted by Crippen LogP contribution is -2.66. The number of rotatable bonds is 6. The standard InChI is InChI=1S/C31H37NO12/c1-13-38-11-22-29(42-13)27(34)25(32(2)3)31(43-22)44-28-16-9-19-18(40-12-41-19)8-15(16)23(24-17(28)10-39-30(24)35)14-6-20(36-4)26(33)21(7-14)37-5/h6-9,13,17,22-25,27-29,31,33-34H,10-12H2,1-5H3/t13-,17?,22-,23?,24?,25-,27-,28?,29-,31+/m1/s1. The van der Waals surface area contributed by atoms with E-state index >= 15 is 0 Å². The molecular weight excluding hydrogens is 578 g/mol. The third-order valence-electron chi connectivity index (χ3n) is 9.34. The Kier molecular flexibility index (Phi) is 7.50. The Hall–Kier alpha value is -3.33. The molecule has 0 saturated carbocycles. The van der Waals surface area contributed by atoms with Crippen LogP contribution in [0.25, 0.3) is 0 Å². The summed E-state index contributed by atoms with van der Waals surface area (Å²) >= 11 is 0. The summed E-state index contributed by atoms with van der Waals surface area (Å²) in [6, 6.07) is 6.57. The zero-order valence-corrected chi connectivity index (χ0v) is 25.1. The van der Waals surface area contributed by atoms with Gasteiger partial charge in [-0.05, 0) is 62.0 Å². The summed E-state index contributed by atoms with van der Waals surface area (Å²) in [7, 11) is 6.59. The summed E-state index contributed by atoms with van der Waals surface area (Å²) in [4.78, 5) is 15.4. The normalized spacial score (nSPS) is 35.5. The van der Waals surface area contributed by atoms with E-state index in [0.29, 0.717) is 17.1 Å². The summed E-state index contributed by atoms with van der Waals surface area (Å²) in [5.74, 6) is -0.602. The molecule has 13 heteroatoms. The van der Waals surface area contributed by atoms with Crippen LogP contribution in [0.3, 0.4) is 0 Å². The molecule has 0 amide bonds. The van der Waals surface area contributed by atoms with E-state index in [0.717, 1.165) is 11.1 Å². The highest BCUT2D eigenvalue weighted by atomic mass is 16.7. The van der Waals surface area contributed by atoms with Gasteiger partial charge in [0, 0.05) is 11.8 Å². The topological polar surface area (TPSA) is 144 Å². The number of benzene rings is 2. The minimum absolute atomic E-state index is 0.0618. The number of aliphatic hydroxyl groups is 1. The SMILES string of the molecule is COc1cc(C2c3cc4c(cc3C(O[C@@H]3O[C@@H]5CO[C@@H](C)O[C@H]5[C@H](O)[C@H]3N(C)C)C3COC(=O)C23)OCO4)cc(OC)c1O. The highest BCUT2D eigenvalue weighted by Crippen LogP contribution is 2.57. The van der Waals surface area contributed by atoms with E-state index in [1.54, 1.807) is 19.1 Å². The van der Waals surface area contributed by atoms with Gasteiger partial charge >= 0.3 is 5.97 Å². The lowest BCUT2D eigenvalue weighted by molar-refractivity contribution is -0.354. The van der Waals surface area contributed by atoms with Crippen molar-refractivity contribution in [3.63, 3.8) is 0 Å². The van der Waals surface area contributed by atoms with Gasteiger partial charge in [0.1, 0.15) is 18.3 Å². The number of cyclic esters (lactones) is 1. The predicted molar refractivity (Wildman–Crippen MR) is 150 cm³/mol. The predicted octanol–water partition coefficient (Wildman–Crippen LogP) is 1.91. The number of esters is 1. The van der Waals surface area contributed by atoms with Crippen molar-refractivity contribution in [3.05, 3.63) is 41.0 Å². The number of nitrogens with zero attached hydrogens (tertiary/aromatic N) is 1. The van der Waals surface area contributed by atoms with E-state index in [1.165, 1.54) is 14.2 Å². The Morgan fingerprint density at radius 2 is 1.61 bits per heavy atom. The van der Waals surface area contributed by atoms with Gasteiger partial charge in [-0.3, -0.25) is 9.69 Å². The molecule has 0 spiro atoms. The number of fused-ring (bicyclic) bond motifs is 4. The number of carbonyl (C=O) groups is 1. The Morgan fingerprint density at radius 3 is 2.27 bits per heavy atom. The zero-order valence-electron chi connectivity index (χ0n) is 25.1. The molecule has 1 aliphatic carbocycles. The number of phenolic OH excluding ortho intramolecular Hbond substituents is 1. The fraction of sp³-hybridized carbons (Fsp3) is 0.581. The highest BCUT2D eigenvalue weighted by Gasteiger charge is 2.56. The number of aromatic hydroxyl groups is 1. The number of hydrogen-bond donors (Lipinski definition) is 2. The zero-order chi connectivity index (χ0) is 30.9. The molecule has 44 heavy (non-hydrogen) atoms. The molecule has 2 aromatic rings. The van der Waals surface area contributed by atoms with Crippen molar-refractivity contribution < 1.29 is 57.6 Å². The first-order valence-corrected chi connectivity index (χ1v) is 14.7. The second-order valence-electron chi connectivity index (χ2n) is 12.0. The van der Waals surface area contributed by atoms with Crippen molar-refractivity contribution in [2.75, 3.05) is 48.3 Å². The van der Waals surface area contributed by atoms with Crippen molar-refractivity contribution >= 4 is 5.97 Å². The van der Waals surface area contributed by atoms with Crippen LogP contribution in [0.2, 0.25) is 0 Å². The highest BCUT2D eigenvalue weighted by molar-refractivity contribution is 5.79. The van der Waals surface area contributed by atoms with Crippen LogP contribution in [0.1, 0.15) is 35.6 Å². The molecule has 3 fully saturated rings. The molecule has 4 aliphatic heterocycles. The summed E-state index contributed by atoms with van der Waals surface area (Å²) in [5, 5.41) is 22.1. The van der Waals surface area contributed by atoms with Crippen LogP contribution < -0.4 is 18.9 Å². The van der Waals surface area contributed by atoms with Crippen LogP contribution in [0.5, 0.6) is 28.7 Å². The molecule has 7 rings (SSSR count). The fourth-order valence-corrected chi connectivity index (χ4v) is 7.28. The monoisotopic (exact) mass is 615 g/mol. The summed E-state index contributed by atoms with van der Waals surface area (Å²) in [6.45, 7) is 2.20. The Balaban J connectivity index is 1.33. The first-order valence-electron chi connectivity index (χ1n) is 14.7. The van der Waals surface area contributed by atoms with Crippen molar-refractivity contribution in [2.24, 2.45) is 11.8 Å². The van der Waals surface area contributed by atoms with Gasteiger partial charge in [-0.1, -0.05) is 0 Å². The number of likely N-dealkylation sites (N-methyl/N-ethyl adjacent to an activating group) is 1. The molecule has 0 bridgehead atoms. The van der Waals surface area contributed by atoms with Crippen LogP contribution in [0, 0.1) is 11.8 Å². The van der Waals surface area contributed by atoms with Gasteiger partial charge in [0.15, 0.2) is 35.6 Å². The van der Waals surface area contributed by atoms with Crippen molar-refractivity contribution in [1.82, 2.24) is 4.90 Å². The molecule has 10 atom stereocenters. The number of carbonyl (C=O) groups excluding carboxylic acids is 1. The molecule has 5 aliphatic rings. The third kappa shape index (κ3) is 4.65. The molecule has 4 heterocycles. The van der Waals surface area contributed by atoms with Gasteiger partial charge < -0.3 is 52.8 Å². The lowest BCUT2D eigenvalue weighted by Gasteiger charge is -2.50. The average molecular weight is 616 g/mol. The molecule has 13 nitrogen and oxygen atoms in total. The van der Waals surface area contributed by atoms with Crippen molar-refractivity contribution in [1.29, 1.82) is 0 Å². The lowest BCUT2D eigenvalue weighted by atomic mass is 9.66. The third-order valence-corrected chi connectivity index (χ3v) is 9.34. The van der Waals surface area contributed by atoms with E-state index in [9.17, 15) is 15.0 Å². The maximum Gasteiger partial charge on any atom is 0.310 e. The minimum atomic E-state index is -0.929. The van der Waals surface area contributed by atoms with E-state index in [-0.39, 0.29) is 43.2 Å². The Bertz CT molecular complexity index is 1410. The van der Waals surface area contributed by atoms with Gasteiger partial charge in [-0.2, -0.15) is 0 Å². The summed E-state index contributed by atoms with van der Waals surface area (Å²) in [5.41, 5.74) is 2.23. The summed E-state index contributed by atoms with van der Waals surface area (Å²) in [6.07, 6.45) is -4.11. The second kappa shape index (κ2) is 11.2. The smallest absolute Gasteiger partial charge is 0.310 e. The molecule has 0 radical (unpaired) electrons. The molecule has 238 valence electrons. The number of hydrogen-bond acceptors (Lipinski definition) is 13. The number of aliphatic hydroxyl groups excluding tert-OH is 1. The second-order valence-corrected chi connectivity index (χ2v) is 12.0. The molecule has 2 aromatic carbocycles. The maximum atomic E-state index is 13.5. The number of phenols is 1. The molecule has 2 N–H and O–H groups in total. The Morgan fingerprint density at radius 1 is 0.932 bits per heavy atom. The molecular formula is C31H37NO12.